The van der Waals surface area contributed by atoms with E-state index in [4.69, 9.17) is 4.52 Å². The molecule has 0 unspecified atom stereocenters. The Morgan fingerprint density at radius 2 is 2.16 bits per heavy atom. The number of amides is 1. The Bertz CT molecular complexity index is 764. The summed E-state index contributed by atoms with van der Waals surface area (Å²) in [5.74, 6) is 0.319. The van der Waals surface area contributed by atoms with Crippen LogP contribution in [0.15, 0.2) is 23.0 Å². The van der Waals surface area contributed by atoms with Gasteiger partial charge in [-0.05, 0) is 32.4 Å². The van der Waals surface area contributed by atoms with Gasteiger partial charge in [-0.25, -0.2) is 0 Å². The number of hydrogen-bond acceptors (Lipinski definition) is 6. The fourth-order valence-electron chi connectivity index (χ4n) is 3.74. The molecule has 2 aromatic heterocycles. The van der Waals surface area contributed by atoms with E-state index in [1.54, 1.807) is 28.0 Å². The van der Waals surface area contributed by atoms with Gasteiger partial charge in [-0.2, -0.15) is 5.10 Å². The second-order valence-electron chi connectivity index (χ2n) is 7.16. The van der Waals surface area contributed by atoms with Crippen LogP contribution in [0.2, 0.25) is 0 Å². The summed E-state index contributed by atoms with van der Waals surface area (Å²) in [6, 6.07) is 1.64. The first-order valence-electron chi connectivity index (χ1n) is 8.72. The zero-order chi connectivity index (χ0) is 17.4. The van der Waals surface area contributed by atoms with Crippen molar-refractivity contribution >= 4 is 5.91 Å². The Kier molecular flexibility index (Phi) is 4.09. The van der Waals surface area contributed by atoms with Crippen molar-refractivity contribution in [1.82, 2.24) is 24.7 Å². The number of rotatable bonds is 4. The lowest BCUT2D eigenvalue weighted by Gasteiger charge is -2.28. The zero-order valence-electron chi connectivity index (χ0n) is 14.4. The molecule has 0 spiro atoms. The summed E-state index contributed by atoms with van der Waals surface area (Å²) in [6.45, 7) is 3.59. The summed E-state index contributed by atoms with van der Waals surface area (Å²) in [5, 5.41) is 18.8. The molecule has 25 heavy (non-hydrogen) atoms. The minimum absolute atomic E-state index is 0.198. The van der Waals surface area contributed by atoms with Crippen molar-refractivity contribution in [3.63, 3.8) is 0 Å². The van der Waals surface area contributed by atoms with Crippen LogP contribution in [0.25, 0.3) is 11.3 Å². The van der Waals surface area contributed by atoms with Crippen LogP contribution in [0.1, 0.15) is 29.8 Å². The van der Waals surface area contributed by atoms with Gasteiger partial charge in [0, 0.05) is 32.4 Å². The molecule has 2 aromatic rings. The first-order chi connectivity index (χ1) is 12.0. The summed E-state index contributed by atoms with van der Waals surface area (Å²) in [7, 11) is 1.82. The van der Waals surface area contributed by atoms with Gasteiger partial charge >= 0.3 is 0 Å². The van der Waals surface area contributed by atoms with E-state index >= 15 is 0 Å². The first-order valence-corrected chi connectivity index (χ1v) is 8.72. The molecular weight excluding hydrogens is 322 g/mol. The van der Waals surface area contributed by atoms with Gasteiger partial charge in [-0.3, -0.25) is 9.48 Å². The number of likely N-dealkylation sites (tertiary alicyclic amines) is 2. The van der Waals surface area contributed by atoms with Crippen molar-refractivity contribution in [2.45, 2.75) is 24.9 Å². The molecule has 0 aliphatic carbocycles. The van der Waals surface area contributed by atoms with E-state index in [0.717, 1.165) is 18.7 Å². The highest BCUT2D eigenvalue weighted by Gasteiger charge is 2.40. The normalized spacial score (nSPS) is 24.3. The van der Waals surface area contributed by atoms with Gasteiger partial charge in [-0.15, -0.1) is 0 Å². The number of aromatic nitrogens is 3. The number of hydrogen-bond donors (Lipinski definition) is 1. The molecule has 4 heterocycles. The van der Waals surface area contributed by atoms with E-state index in [1.165, 1.54) is 12.8 Å². The van der Waals surface area contributed by atoms with E-state index in [1.807, 2.05) is 7.05 Å². The van der Waals surface area contributed by atoms with Crippen LogP contribution in [0.5, 0.6) is 0 Å². The average molecular weight is 345 g/mol. The molecule has 1 N–H and O–H groups in total. The predicted molar refractivity (Wildman–Crippen MR) is 89.8 cm³/mol. The van der Waals surface area contributed by atoms with E-state index in [2.05, 4.69) is 15.2 Å². The van der Waals surface area contributed by atoms with Crippen LogP contribution in [0.3, 0.4) is 0 Å². The van der Waals surface area contributed by atoms with Crippen molar-refractivity contribution in [1.29, 1.82) is 0 Å². The molecule has 0 bridgehead atoms. The lowest BCUT2D eigenvalue weighted by atomic mass is 10.0. The Morgan fingerprint density at radius 1 is 1.36 bits per heavy atom. The second kappa shape index (κ2) is 6.27. The maximum Gasteiger partial charge on any atom is 0.276 e. The highest BCUT2D eigenvalue weighted by Crippen LogP contribution is 2.26. The smallest absolute Gasteiger partial charge is 0.276 e. The van der Waals surface area contributed by atoms with E-state index in [0.29, 0.717) is 31.8 Å². The third kappa shape index (κ3) is 3.32. The molecule has 1 amide bonds. The highest BCUT2D eigenvalue weighted by molar-refractivity contribution is 5.93. The standard InChI is InChI=1S/C17H23N5O3/c1-20-10-13(9-18-20)15-8-14(19-25-15)16(23)22-7-4-17(24,12-22)11-21-5-2-3-6-21/h8-10,24H,2-7,11-12H2,1H3/t17-/m1/s1. The summed E-state index contributed by atoms with van der Waals surface area (Å²) >= 11 is 0. The molecule has 1 atom stereocenters. The molecule has 2 saturated heterocycles. The highest BCUT2D eigenvalue weighted by atomic mass is 16.5. The molecule has 4 rings (SSSR count). The Labute approximate surface area is 146 Å². The van der Waals surface area contributed by atoms with Crippen LogP contribution in [-0.2, 0) is 7.05 Å². The molecule has 8 heteroatoms. The largest absolute Gasteiger partial charge is 0.387 e. The minimum Gasteiger partial charge on any atom is -0.387 e. The van der Waals surface area contributed by atoms with Gasteiger partial charge in [0.05, 0.1) is 23.9 Å². The summed E-state index contributed by atoms with van der Waals surface area (Å²) in [4.78, 5) is 16.6. The molecule has 134 valence electrons. The third-order valence-corrected chi connectivity index (χ3v) is 5.05. The molecular formula is C17H23N5O3. The Morgan fingerprint density at radius 3 is 2.88 bits per heavy atom. The lowest BCUT2D eigenvalue weighted by Crippen LogP contribution is -2.45. The van der Waals surface area contributed by atoms with Crippen LogP contribution >= 0.6 is 0 Å². The van der Waals surface area contributed by atoms with Gasteiger partial charge in [-0.1, -0.05) is 5.16 Å². The maximum atomic E-state index is 12.7. The fourth-order valence-corrected chi connectivity index (χ4v) is 3.74. The van der Waals surface area contributed by atoms with Gasteiger partial charge < -0.3 is 19.4 Å². The van der Waals surface area contributed by atoms with Gasteiger partial charge in [0.25, 0.3) is 5.91 Å². The predicted octanol–water partition coefficient (Wildman–Crippen LogP) is 0.748. The maximum absolute atomic E-state index is 12.7. The molecule has 2 aliphatic heterocycles. The van der Waals surface area contributed by atoms with E-state index < -0.39 is 5.60 Å². The van der Waals surface area contributed by atoms with Crippen molar-refractivity contribution in [2.24, 2.45) is 7.05 Å². The molecule has 0 radical (unpaired) electrons. The fraction of sp³-hybridized carbons (Fsp3) is 0.588. The van der Waals surface area contributed by atoms with Crippen molar-refractivity contribution in [3.8, 4) is 11.3 Å². The SMILES string of the molecule is Cn1cc(-c2cc(C(=O)N3CC[C@@](O)(CN4CCCC4)C3)no2)cn1. The van der Waals surface area contributed by atoms with E-state index in [-0.39, 0.29) is 11.6 Å². The van der Waals surface area contributed by atoms with Gasteiger partial charge in [0.2, 0.25) is 0 Å². The summed E-state index contributed by atoms with van der Waals surface area (Å²) in [5.41, 5.74) is 0.223. The van der Waals surface area contributed by atoms with Gasteiger partial charge in [0.15, 0.2) is 11.5 Å². The molecule has 2 aliphatic rings. The van der Waals surface area contributed by atoms with Gasteiger partial charge in [0.1, 0.15) is 0 Å². The topological polar surface area (TPSA) is 87.6 Å². The minimum atomic E-state index is -0.823. The number of nitrogens with zero attached hydrogens (tertiary/aromatic N) is 5. The monoisotopic (exact) mass is 345 g/mol. The lowest BCUT2D eigenvalue weighted by molar-refractivity contribution is 0.0174. The number of aryl methyl sites for hydroxylation is 1. The molecule has 0 saturated carbocycles. The quantitative estimate of drug-likeness (QED) is 0.880. The number of carbonyl (C=O) groups is 1. The van der Waals surface area contributed by atoms with Crippen molar-refractivity contribution < 1.29 is 14.4 Å². The van der Waals surface area contributed by atoms with Crippen LogP contribution in [-0.4, -0.2) is 74.1 Å². The number of β-amino-alcohol motifs (C(OH)–C–C–N with tert-alkyl or cyclic N) is 1. The summed E-state index contributed by atoms with van der Waals surface area (Å²) in [6.07, 6.45) is 6.45. The Balaban J connectivity index is 1.42. The molecule has 0 aromatic carbocycles. The Hall–Kier alpha value is -2.19. The average Bonchev–Trinajstić information content (AvgIpc) is 3.33. The van der Waals surface area contributed by atoms with Crippen molar-refractivity contribution in [3.05, 3.63) is 24.2 Å². The van der Waals surface area contributed by atoms with Crippen molar-refractivity contribution in [2.75, 3.05) is 32.7 Å². The van der Waals surface area contributed by atoms with Crippen LogP contribution in [0, 0.1) is 0 Å². The zero-order valence-corrected chi connectivity index (χ0v) is 14.4. The molecule has 8 nitrogen and oxygen atoms in total. The van der Waals surface area contributed by atoms with E-state index in [9.17, 15) is 9.90 Å². The van der Waals surface area contributed by atoms with Crippen LogP contribution in [0.4, 0.5) is 0 Å². The first kappa shape index (κ1) is 16.3. The second-order valence-corrected chi connectivity index (χ2v) is 7.16. The molecule has 2 fully saturated rings. The summed E-state index contributed by atoms with van der Waals surface area (Å²) < 4.78 is 6.95. The van der Waals surface area contributed by atoms with Crippen LogP contribution < -0.4 is 0 Å². The number of carbonyl (C=O) groups excluding carboxylic acids is 1. The third-order valence-electron chi connectivity index (χ3n) is 5.05. The number of aliphatic hydroxyl groups is 1.